The molecule has 2 rings (SSSR count). The Morgan fingerprint density at radius 2 is 1.83 bits per heavy atom. The van der Waals surface area contributed by atoms with Crippen molar-refractivity contribution in [3.8, 4) is 0 Å². The molecule has 2 atom stereocenters. The Morgan fingerprint density at radius 1 is 1.21 bits per heavy atom. The van der Waals surface area contributed by atoms with E-state index in [4.69, 9.17) is 0 Å². The maximum Gasteiger partial charge on any atom is 0.471 e. The van der Waals surface area contributed by atoms with Gasteiger partial charge in [0.1, 0.15) is 6.04 Å². The fourth-order valence-corrected chi connectivity index (χ4v) is 2.67. The van der Waals surface area contributed by atoms with Gasteiger partial charge in [-0.25, -0.2) is 0 Å². The third kappa shape index (κ3) is 3.93. The zero-order valence-electron chi connectivity index (χ0n) is 13.0. The monoisotopic (exact) mass is 342 g/mol. The van der Waals surface area contributed by atoms with Gasteiger partial charge in [0.25, 0.3) is 0 Å². The predicted molar refractivity (Wildman–Crippen MR) is 79.2 cm³/mol. The van der Waals surface area contributed by atoms with Crippen molar-refractivity contribution >= 4 is 17.6 Å². The van der Waals surface area contributed by atoms with E-state index in [1.165, 1.54) is 6.92 Å². The van der Waals surface area contributed by atoms with Crippen LogP contribution in [-0.2, 0) is 9.59 Å². The van der Waals surface area contributed by atoms with Crippen LogP contribution < -0.4 is 5.32 Å². The second-order valence-electron chi connectivity index (χ2n) is 5.61. The number of nitrogens with zero attached hydrogens (tertiary/aromatic N) is 1. The van der Waals surface area contributed by atoms with Crippen molar-refractivity contribution in [3.63, 3.8) is 0 Å². The number of hydrogen-bond acceptors (Lipinski definition) is 3. The van der Waals surface area contributed by atoms with Gasteiger partial charge in [-0.05, 0) is 19.8 Å². The van der Waals surface area contributed by atoms with Crippen LogP contribution in [0.15, 0.2) is 30.3 Å². The highest BCUT2D eigenvalue weighted by Gasteiger charge is 2.47. The van der Waals surface area contributed by atoms with E-state index in [1.54, 1.807) is 30.3 Å². The largest absolute Gasteiger partial charge is 0.471 e. The number of rotatable bonds is 4. The van der Waals surface area contributed by atoms with E-state index in [-0.39, 0.29) is 18.7 Å². The summed E-state index contributed by atoms with van der Waals surface area (Å²) >= 11 is 0. The van der Waals surface area contributed by atoms with Gasteiger partial charge in [-0.2, -0.15) is 13.2 Å². The third-order valence-electron chi connectivity index (χ3n) is 3.87. The van der Waals surface area contributed by atoms with E-state index in [9.17, 15) is 27.6 Å². The summed E-state index contributed by atoms with van der Waals surface area (Å²) in [5.74, 6) is -3.13. The molecule has 0 radical (unpaired) electrons. The summed E-state index contributed by atoms with van der Waals surface area (Å²) in [5.41, 5.74) is 0.389. The van der Waals surface area contributed by atoms with Gasteiger partial charge >= 0.3 is 12.1 Å². The molecule has 8 heteroatoms. The molecular weight excluding hydrogens is 325 g/mol. The summed E-state index contributed by atoms with van der Waals surface area (Å²) in [5, 5.41) is 2.41. The molecule has 1 heterocycles. The first-order chi connectivity index (χ1) is 11.2. The molecule has 0 aliphatic carbocycles. The number of carbonyl (C=O) groups is 3. The summed E-state index contributed by atoms with van der Waals surface area (Å²) in [6, 6.07) is 6.14. The maximum atomic E-state index is 12.6. The highest BCUT2D eigenvalue weighted by atomic mass is 19.4. The number of hydrogen-bond donors (Lipinski definition) is 1. The lowest BCUT2D eigenvalue weighted by Crippen LogP contribution is -2.52. The van der Waals surface area contributed by atoms with Gasteiger partial charge in [0.15, 0.2) is 5.78 Å². The topological polar surface area (TPSA) is 66.5 Å². The van der Waals surface area contributed by atoms with Crippen LogP contribution in [0.25, 0.3) is 0 Å². The van der Waals surface area contributed by atoms with Crippen LogP contribution in [0.4, 0.5) is 13.2 Å². The van der Waals surface area contributed by atoms with E-state index in [0.717, 1.165) is 0 Å². The van der Waals surface area contributed by atoms with Gasteiger partial charge in [-0.3, -0.25) is 14.4 Å². The van der Waals surface area contributed by atoms with E-state index in [0.29, 0.717) is 16.9 Å². The molecule has 24 heavy (non-hydrogen) atoms. The lowest BCUT2D eigenvalue weighted by molar-refractivity contribution is -0.186. The van der Waals surface area contributed by atoms with E-state index in [2.05, 4.69) is 5.32 Å². The SMILES string of the molecule is CC(NC(=O)C1CCCN1C(=O)C(F)(F)F)C(=O)c1ccccc1. The molecule has 2 unspecified atom stereocenters. The molecule has 0 spiro atoms. The fourth-order valence-electron chi connectivity index (χ4n) is 2.67. The van der Waals surface area contributed by atoms with Gasteiger partial charge in [-0.15, -0.1) is 0 Å². The number of amides is 2. The van der Waals surface area contributed by atoms with Crippen LogP contribution in [0.3, 0.4) is 0 Å². The molecule has 1 aromatic carbocycles. The number of Topliss-reactive ketones (excluding diaryl/α,β-unsaturated/α-hetero) is 1. The average Bonchev–Trinajstić information content (AvgIpc) is 3.02. The van der Waals surface area contributed by atoms with Crippen molar-refractivity contribution in [2.45, 2.75) is 38.0 Å². The number of alkyl halides is 3. The zero-order chi connectivity index (χ0) is 17.9. The minimum absolute atomic E-state index is 0.128. The van der Waals surface area contributed by atoms with Gasteiger partial charge in [0, 0.05) is 12.1 Å². The standard InChI is InChI=1S/C16H17F3N2O3/c1-10(13(22)11-6-3-2-4-7-11)20-14(23)12-8-5-9-21(12)15(24)16(17,18)19/h2-4,6-7,10,12H,5,8-9H2,1H3,(H,20,23). The first kappa shape index (κ1) is 18.0. The second kappa shape index (κ2) is 7.02. The lowest BCUT2D eigenvalue weighted by atomic mass is 10.0. The summed E-state index contributed by atoms with van der Waals surface area (Å²) in [7, 11) is 0. The van der Waals surface area contributed by atoms with Crippen LogP contribution in [0.1, 0.15) is 30.1 Å². The number of carbonyl (C=O) groups excluding carboxylic acids is 3. The van der Waals surface area contributed by atoms with E-state index >= 15 is 0 Å². The Balaban J connectivity index is 2.03. The number of benzene rings is 1. The number of likely N-dealkylation sites (tertiary alicyclic amines) is 1. The van der Waals surface area contributed by atoms with Gasteiger partial charge < -0.3 is 10.2 Å². The third-order valence-corrected chi connectivity index (χ3v) is 3.87. The molecule has 5 nitrogen and oxygen atoms in total. The van der Waals surface area contributed by atoms with Crippen molar-refractivity contribution in [1.29, 1.82) is 0 Å². The van der Waals surface area contributed by atoms with Crippen LogP contribution in [0.5, 0.6) is 0 Å². The Morgan fingerprint density at radius 3 is 2.42 bits per heavy atom. The molecule has 1 aromatic rings. The second-order valence-corrected chi connectivity index (χ2v) is 5.61. The van der Waals surface area contributed by atoms with E-state index in [1.807, 2.05) is 0 Å². The minimum Gasteiger partial charge on any atom is -0.344 e. The lowest BCUT2D eigenvalue weighted by Gasteiger charge is -2.25. The number of nitrogens with one attached hydrogen (secondary N) is 1. The summed E-state index contributed by atoms with van der Waals surface area (Å²) in [6.07, 6.45) is -4.57. The Bertz CT molecular complexity index is 631. The van der Waals surface area contributed by atoms with Gasteiger partial charge in [0.05, 0.1) is 6.04 Å². The normalized spacial score (nSPS) is 19.0. The van der Waals surface area contributed by atoms with Crippen molar-refractivity contribution in [2.75, 3.05) is 6.54 Å². The predicted octanol–water partition coefficient (Wildman–Crippen LogP) is 1.93. The molecule has 1 fully saturated rings. The average molecular weight is 342 g/mol. The van der Waals surface area contributed by atoms with Crippen LogP contribution in [0.2, 0.25) is 0 Å². The zero-order valence-corrected chi connectivity index (χ0v) is 13.0. The summed E-state index contributed by atoms with van der Waals surface area (Å²) < 4.78 is 37.7. The first-order valence-electron chi connectivity index (χ1n) is 7.49. The quantitative estimate of drug-likeness (QED) is 0.851. The molecule has 1 N–H and O–H groups in total. The number of ketones is 1. The minimum atomic E-state index is -5.02. The molecule has 0 aromatic heterocycles. The van der Waals surface area contributed by atoms with Crippen molar-refractivity contribution < 1.29 is 27.6 Å². The molecule has 130 valence electrons. The van der Waals surface area contributed by atoms with Gasteiger partial charge in [-0.1, -0.05) is 30.3 Å². The smallest absolute Gasteiger partial charge is 0.344 e. The molecule has 1 aliphatic rings. The van der Waals surface area contributed by atoms with Crippen LogP contribution in [-0.4, -0.2) is 47.3 Å². The van der Waals surface area contributed by atoms with Crippen molar-refractivity contribution in [2.24, 2.45) is 0 Å². The Kier molecular flexibility index (Phi) is 5.26. The maximum absolute atomic E-state index is 12.6. The molecule has 1 saturated heterocycles. The molecule has 2 amide bonds. The van der Waals surface area contributed by atoms with Crippen LogP contribution in [0, 0.1) is 0 Å². The molecular formula is C16H17F3N2O3. The Hall–Kier alpha value is -2.38. The van der Waals surface area contributed by atoms with Crippen LogP contribution >= 0.6 is 0 Å². The fraction of sp³-hybridized carbons (Fsp3) is 0.438. The summed E-state index contributed by atoms with van der Waals surface area (Å²) in [6.45, 7) is 1.33. The Labute approximate surface area is 136 Å². The highest BCUT2D eigenvalue weighted by molar-refractivity contribution is 6.02. The molecule has 0 bridgehead atoms. The number of halogens is 3. The van der Waals surface area contributed by atoms with E-state index < -0.39 is 30.1 Å². The molecule has 1 aliphatic heterocycles. The van der Waals surface area contributed by atoms with Gasteiger partial charge in [0.2, 0.25) is 5.91 Å². The molecule has 0 saturated carbocycles. The first-order valence-corrected chi connectivity index (χ1v) is 7.49. The van der Waals surface area contributed by atoms with Crippen molar-refractivity contribution in [3.05, 3.63) is 35.9 Å². The highest BCUT2D eigenvalue weighted by Crippen LogP contribution is 2.25. The summed E-state index contributed by atoms with van der Waals surface area (Å²) in [4.78, 5) is 36.3. The van der Waals surface area contributed by atoms with Crippen molar-refractivity contribution in [1.82, 2.24) is 10.2 Å².